The monoisotopic (exact) mass is 957 g/mol. The van der Waals surface area contributed by atoms with Crippen LogP contribution < -0.4 is 43.0 Å². The minimum atomic E-state index is -1.65. The number of amides is 7. The van der Waals surface area contributed by atoms with Crippen molar-refractivity contribution in [2.24, 2.45) is 29.4 Å². The van der Waals surface area contributed by atoms with Crippen LogP contribution in [0.4, 0.5) is 0 Å². The molecule has 0 radical (unpaired) electrons. The van der Waals surface area contributed by atoms with Crippen LogP contribution in [0, 0.1) is 23.7 Å². The fourth-order valence-corrected chi connectivity index (χ4v) is 6.83. The molecular formula is C47H72N8O13. The second-order valence-corrected chi connectivity index (χ2v) is 18.6. The Morgan fingerprint density at radius 1 is 0.471 bits per heavy atom. The minimum absolute atomic E-state index is 0.0236. The Hall–Kier alpha value is -6.32. The number of hydrogen-bond acceptors (Lipinski definition) is 13. The summed E-state index contributed by atoms with van der Waals surface area (Å²) in [4.78, 5) is 107. The first-order valence-corrected chi connectivity index (χ1v) is 22.7. The van der Waals surface area contributed by atoms with Gasteiger partial charge in [-0.25, -0.2) is 4.79 Å². The highest BCUT2D eigenvalue weighted by molar-refractivity contribution is 5.98. The lowest BCUT2D eigenvalue weighted by Gasteiger charge is -2.30. The molecule has 0 aromatic heterocycles. The van der Waals surface area contributed by atoms with Gasteiger partial charge in [0.1, 0.15) is 53.8 Å². The number of rotatable bonds is 27. The SMILES string of the molecule is CC(C)C[C@H](NC(=O)[C@H](CO)NC(=O)[C@@H](NC(=O)[C@H](CC(C)C)NC(=O)[C@@H](NC(=O)[C@H](Cc1ccc(O)cc1)NC(=O)[C@@H](N)C(C)C)[C@@H](C)O)C(C)C)C(=O)N[C@@H](Cc1ccc(O)cc1)C(=O)O. The van der Waals surface area contributed by atoms with Gasteiger partial charge in [-0.2, -0.15) is 0 Å². The summed E-state index contributed by atoms with van der Waals surface area (Å²) in [7, 11) is 0. The number of aromatic hydroxyl groups is 2. The summed E-state index contributed by atoms with van der Waals surface area (Å²) in [5, 5.41) is 67.7. The molecular weight excluding hydrogens is 885 g/mol. The molecule has 0 saturated heterocycles. The van der Waals surface area contributed by atoms with Crippen molar-refractivity contribution in [1.29, 1.82) is 0 Å². The molecule has 0 aliphatic carbocycles. The van der Waals surface area contributed by atoms with Gasteiger partial charge in [-0.15, -0.1) is 0 Å². The fourth-order valence-electron chi connectivity index (χ4n) is 6.83. The number of phenols is 2. The third kappa shape index (κ3) is 19.1. The summed E-state index contributed by atoms with van der Waals surface area (Å²) >= 11 is 0. The number of nitrogens with two attached hydrogens (primary N) is 1. The first kappa shape index (κ1) is 57.8. The first-order valence-electron chi connectivity index (χ1n) is 22.7. The van der Waals surface area contributed by atoms with E-state index in [2.05, 4.69) is 37.2 Å². The highest BCUT2D eigenvalue weighted by atomic mass is 16.4. The fraction of sp³-hybridized carbons (Fsp3) is 0.574. The highest BCUT2D eigenvalue weighted by Crippen LogP contribution is 2.15. The number of nitrogens with one attached hydrogen (secondary N) is 7. The normalized spacial score (nSPS) is 15.4. The quantitative estimate of drug-likeness (QED) is 0.0536. The largest absolute Gasteiger partial charge is 0.508 e. The molecule has 21 heteroatoms. The molecule has 7 amide bonds. The van der Waals surface area contributed by atoms with E-state index in [1.165, 1.54) is 55.5 Å². The summed E-state index contributed by atoms with van der Waals surface area (Å²) in [5.41, 5.74) is 7.08. The van der Waals surface area contributed by atoms with Crippen molar-refractivity contribution in [3.63, 3.8) is 0 Å². The molecule has 0 aliphatic rings. The van der Waals surface area contributed by atoms with Gasteiger partial charge in [-0.05, 0) is 78.8 Å². The molecule has 2 aromatic carbocycles. The molecule has 0 aliphatic heterocycles. The summed E-state index contributed by atoms with van der Waals surface area (Å²) in [6.45, 7) is 14.0. The van der Waals surface area contributed by atoms with Gasteiger partial charge in [0.15, 0.2) is 0 Å². The van der Waals surface area contributed by atoms with Crippen LogP contribution in [0.1, 0.15) is 86.3 Å². The molecule has 21 nitrogen and oxygen atoms in total. The smallest absolute Gasteiger partial charge is 0.326 e. The van der Waals surface area contributed by atoms with Crippen molar-refractivity contribution in [3.8, 4) is 11.5 Å². The molecule has 68 heavy (non-hydrogen) atoms. The summed E-state index contributed by atoms with van der Waals surface area (Å²) in [6, 6.07) is 0.645. The highest BCUT2D eigenvalue weighted by Gasteiger charge is 2.36. The van der Waals surface area contributed by atoms with E-state index >= 15 is 0 Å². The van der Waals surface area contributed by atoms with E-state index in [4.69, 9.17) is 5.73 Å². The zero-order chi connectivity index (χ0) is 51.6. The lowest BCUT2D eigenvalue weighted by molar-refractivity contribution is -0.142. The van der Waals surface area contributed by atoms with Gasteiger partial charge < -0.3 is 68.5 Å². The number of benzene rings is 2. The Balaban J connectivity index is 2.27. The molecule has 0 bridgehead atoms. The van der Waals surface area contributed by atoms with Crippen LogP contribution in [0.5, 0.6) is 11.5 Å². The summed E-state index contributed by atoms with van der Waals surface area (Å²) in [5.74, 6) is -8.78. The Kier molecular flexibility index (Phi) is 23.4. The summed E-state index contributed by atoms with van der Waals surface area (Å²) < 4.78 is 0. The van der Waals surface area contributed by atoms with Crippen LogP contribution in [-0.2, 0) is 51.2 Å². The zero-order valence-corrected chi connectivity index (χ0v) is 40.2. The molecule has 0 unspecified atom stereocenters. The topological polar surface area (TPSA) is 348 Å². The van der Waals surface area contributed by atoms with E-state index in [1.807, 2.05) is 0 Å². The van der Waals surface area contributed by atoms with Gasteiger partial charge in [0.05, 0.1) is 18.8 Å². The lowest BCUT2D eigenvalue weighted by atomic mass is 9.98. The Labute approximate surface area is 397 Å². The van der Waals surface area contributed by atoms with Gasteiger partial charge in [0.25, 0.3) is 0 Å². The molecule has 0 heterocycles. The van der Waals surface area contributed by atoms with Crippen LogP contribution in [0.15, 0.2) is 48.5 Å². The minimum Gasteiger partial charge on any atom is -0.508 e. The van der Waals surface area contributed by atoms with Gasteiger partial charge >= 0.3 is 5.97 Å². The number of hydrogen-bond donors (Lipinski definition) is 13. The second-order valence-electron chi connectivity index (χ2n) is 18.6. The van der Waals surface area contributed by atoms with Crippen LogP contribution >= 0.6 is 0 Å². The number of carbonyl (C=O) groups is 8. The van der Waals surface area contributed by atoms with Gasteiger partial charge in [-0.1, -0.05) is 79.7 Å². The van der Waals surface area contributed by atoms with Crippen molar-refractivity contribution >= 4 is 47.3 Å². The molecule has 2 rings (SSSR count). The van der Waals surface area contributed by atoms with Crippen molar-refractivity contribution in [3.05, 3.63) is 59.7 Å². The van der Waals surface area contributed by atoms with Crippen LogP contribution in [0.25, 0.3) is 0 Å². The molecule has 0 spiro atoms. The van der Waals surface area contributed by atoms with Gasteiger partial charge in [0, 0.05) is 12.8 Å². The number of carbonyl (C=O) groups excluding carboxylic acids is 7. The van der Waals surface area contributed by atoms with E-state index < -0.39 is 114 Å². The molecule has 378 valence electrons. The number of aliphatic hydroxyl groups is 2. The average molecular weight is 957 g/mol. The average Bonchev–Trinajstić information content (AvgIpc) is 3.25. The third-order valence-electron chi connectivity index (χ3n) is 10.8. The lowest BCUT2D eigenvalue weighted by Crippen LogP contribution is -2.62. The van der Waals surface area contributed by atoms with Crippen molar-refractivity contribution < 1.29 is 63.9 Å². The maximum absolute atomic E-state index is 13.9. The van der Waals surface area contributed by atoms with Gasteiger partial charge in [0.2, 0.25) is 41.4 Å². The van der Waals surface area contributed by atoms with Gasteiger partial charge in [-0.3, -0.25) is 33.6 Å². The molecule has 9 atom stereocenters. The Morgan fingerprint density at radius 3 is 1.24 bits per heavy atom. The van der Waals surface area contributed by atoms with Crippen molar-refractivity contribution in [2.75, 3.05) is 6.61 Å². The Morgan fingerprint density at radius 2 is 0.824 bits per heavy atom. The number of carboxylic acid groups (broad SMARTS) is 1. The predicted molar refractivity (Wildman–Crippen MR) is 250 cm³/mol. The number of aliphatic hydroxyl groups excluding tert-OH is 2. The standard InChI is InChI=1S/C47H72N8O13/c1-23(2)18-32(40(60)52-35(47(67)68)21-29-12-16-31(59)17-13-29)49-43(63)36(22-56)53-45(65)38(26(7)8)54-41(61)33(19-24(3)4)51-46(66)39(27(9)57)55-42(62)34(50-44(64)37(48)25(5)6)20-28-10-14-30(58)15-11-28/h10-17,23-27,32-39,56-59H,18-22,48H2,1-9H3,(H,49,63)(H,50,64)(H,51,66)(H,52,60)(H,53,65)(H,54,61)(H,55,62)(H,67,68)/t27-,32+,33+,34+,35+,36+,37+,38+,39+/m1/s1. The zero-order valence-electron chi connectivity index (χ0n) is 40.2. The number of aliphatic carboxylic acids is 1. The first-order chi connectivity index (χ1) is 31.7. The van der Waals surface area contributed by atoms with Crippen LogP contribution in [0.3, 0.4) is 0 Å². The molecule has 14 N–H and O–H groups in total. The number of phenolic OH excluding ortho intramolecular Hbond substituents is 2. The Bertz CT molecular complexity index is 2010. The maximum atomic E-state index is 13.9. The van der Waals surface area contributed by atoms with Crippen LogP contribution in [0.2, 0.25) is 0 Å². The predicted octanol–water partition coefficient (Wildman–Crippen LogP) is -0.534. The van der Waals surface area contributed by atoms with E-state index in [1.54, 1.807) is 55.4 Å². The van der Waals surface area contributed by atoms with E-state index in [9.17, 15) is 63.9 Å². The van der Waals surface area contributed by atoms with E-state index in [0.717, 1.165) is 0 Å². The van der Waals surface area contributed by atoms with E-state index in [0.29, 0.717) is 11.1 Å². The summed E-state index contributed by atoms with van der Waals surface area (Å²) in [6.07, 6.45) is -1.67. The number of carboxylic acids is 1. The second kappa shape index (κ2) is 27.5. The molecule has 0 saturated carbocycles. The van der Waals surface area contributed by atoms with Crippen LogP contribution in [-0.4, -0.2) is 134 Å². The third-order valence-corrected chi connectivity index (χ3v) is 10.8. The van der Waals surface area contributed by atoms with E-state index in [-0.39, 0.29) is 54.9 Å². The molecule has 0 fully saturated rings. The van der Waals surface area contributed by atoms with Crippen molar-refractivity contribution in [1.82, 2.24) is 37.2 Å². The molecule has 2 aromatic rings. The van der Waals surface area contributed by atoms with Crippen molar-refractivity contribution in [2.45, 2.75) is 142 Å². The maximum Gasteiger partial charge on any atom is 0.326 e.